The van der Waals surface area contributed by atoms with E-state index in [4.69, 9.17) is 4.74 Å². The third kappa shape index (κ3) is 9.25. The Morgan fingerprint density at radius 2 is 1.33 bits per heavy atom. The van der Waals surface area contributed by atoms with Crippen molar-refractivity contribution in [2.45, 2.75) is 128 Å². The van der Waals surface area contributed by atoms with E-state index in [2.05, 4.69) is 25.8 Å². The van der Waals surface area contributed by atoms with Crippen LogP contribution in [-0.2, 0) is 4.74 Å². The first-order valence-corrected chi connectivity index (χ1v) is 11.8. The normalized spacial score (nSPS) is 25.6. The van der Waals surface area contributed by atoms with E-state index in [9.17, 15) is 10.2 Å². The van der Waals surface area contributed by atoms with Crippen LogP contribution in [0.3, 0.4) is 0 Å². The van der Waals surface area contributed by atoms with E-state index in [1.165, 1.54) is 70.6 Å². The number of aliphatic hydroxyl groups is 2. The van der Waals surface area contributed by atoms with E-state index >= 15 is 0 Å². The molecule has 0 spiro atoms. The number of ether oxygens (including phenoxy) is 1. The Balaban J connectivity index is 2.33. The third-order valence-electron chi connectivity index (χ3n) is 6.14. The average molecular weight is 386 g/mol. The molecule has 1 saturated carbocycles. The molecule has 1 aliphatic carbocycles. The molecule has 4 heteroatoms. The van der Waals surface area contributed by atoms with Crippen LogP contribution in [0.1, 0.15) is 110 Å². The monoisotopic (exact) mass is 385 g/mol. The zero-order chi connectivity index (χ0) is 20.0. The summed E-state index contributed by atoms with van der Waals surface area (Å²) in [7, 11) is 2.06. The number of hydrogen-bond donors (Lipinski definition) is 2. The van der Waals surface area contributed by atoms with Crippen molar-refractivity contribution in [2.24, 2.45) is 0 Å². The lowest BCUT2D eigenvalue weighted by Gasteiger charge is -2.41. The molecule has 0 aromatic rings. The van der Waals surface area contributed by atoms with Crippen molar-refractivity contribution in [1.29, 1.82) is 0 Å². The van der Waals surface area contributed by atoms with Gasteiger partial charge in [0.25, 0.3) is 0 Å². The summed E-state index contributed by atoms with van der Waals surface area (Å²) in [5.74, 6) is 0. The quantitative estimate of drug-likeness (QED) is 0.265. The van der Waals surface area contributed by atoms with Crippen LogP contribution in [0.15, 0.2) is 0 Å². The topological polar surface area (TPSA) is 52.9 Å². The molecule has 1 rings (SSSR count). The van der Waals surface area contributed by atoms with Crippen molar-refractivity contribution in [1.82, 2.24) is 4.90 Å². The lowest BCUT2D eigenvalue weighted by atomic mass is 10.1. The van der Waals surface area contributed by atoms with Crippen molar-refractivity contribution in [3.05, 3.63) is 0 Å². The summed E-state index contributed by atoms with van der Waals surface area (Å²) in [5, 5.41) is 20.7. The van der Waals surface area contributed by atoms with E-state index in [-0.39, 0.29) is 0 Å². The van der Waals surface area contributed by atoms with E-state index in [1.54, 1.807) is 0 Å². The second-order valence-corrected chi connectivity index (χ2v) is 8.61. The van der Waals surface area contributed by atoms with Gasteiger partial charge in [-0.25, -0.2) is 0 Å². The summed E-state index contributed by atoms with van der Waals surface area (Å²) in [6, 6.07) is 0. The second kappa shape index (κ2) is 14.8. The molecule has 0 radical (unpaired) electrons. The molecule has 0 heterocycles. The van der Waals surface area contributed by atoms with Crippen molar-refractivity contribution < 1.29 is 14.9 Å². The van der Waals surface area contributed by atoms with Crippen LogP contribution in [0.5, 0.6) is 0 Å². The molecule has 0 aromatic carbocycles. The molecule has 0 bridgehead atoms. The second-order valence-electron chi connectivity index (χ2n) is 8.61. The molecular weight excluding hydrogens is 338 g/mol. The van der Waals surface area contributed by atoms with Crippen molar-refractivity contribution in [3.63, 3.8) is 0 Å². The minimum Gasteiger partial charge on any atom is -0.393 e. The highest BCUT2D eigenvalue weighted by Crippen LogP contribution is 2.37. The molecular formula is C23H47NO3. The summed E-state index contributed by atoms with van der Waals surface area (Å²) < 4.78 is 6.25. The Bertz CT molecular complexity index is 353. The summed E-state index contributed by atoms with van der Waals surface area (Å²) in [6.07, 6.45) is 16.3. The van der Waals surface area contributed by atoms with Gasteiger partial charge < -0.3 is 14.9 Å². The van der Waals surface area contributed by atoms with E-state index in [0.29, 0.717) is 19.4 Å². The van der Waals surface area contributed by atoms with Gasteiger partial charge in [-0.2, -0.15) is 0 Å². The Kier molecular flexibility index (Phi) is 13.6. The molecule has 1 aliphatic rings. The Morgan fingerprint density at radius 3 is 1.85 bits per heavy atom. The third-order valence-corrected chi connectivity index (χ3v) is 6.14. The largest absolute Gasteiger partial charge is 0.393 e. The fourth-order valence-electron chi connectivity index (χ4n) is 4.30. The number of unbranched alkanes of at least 4 members (excludes halogenated alkanes) is 11. The van der Waals surface area contributed by atoms with Gasteiger partial charge in [0.05, 0.1) is 12.2 Å². The van der Waals surface area contributed by atoms with Crippen molar-refractivity contribution >= 4 is 0 Å². The molecule has 4 nitrogen and oxygen atoms in total. The van der Waals surface area contributed by atoms with Crippen LogP contribution in [0, 0.1) is 0 Å². The molecule has 0 aromatic heterocycles. The number of likely N-dealkylation sites (N-methyl/N-ethyl adjacent to an activating group) is 1. The summed E-state index contributed by atoms with van der Waals surface area (Å²) in [5.41, 5.74) is -0.689. The molecule has 3 atom stereocenters. The molecule has 162 valence electrons. The van der Waals surface area contributed by atoms with E-state index in [0.717, 1.165) is 19.4 Å². The molecule has 0 unspecified atom stereocenters. The maximum Gasteiger partial charge on any atom is 0.150 e. The lowest BCUT2D eigenvalue weighted by molar-refractivity contribution is -0.195. The first kappa shape index (κ1) is 24.9. The molecule has 27 heavy (non-hydrogen) atoms. The highest BCUT2D eigenvalue weighted by atomic mass is 16.5. The van der Waals surface area contributed by atoms with Gasteiger partial charge >= 0.3 is 0 Å². The highest BCUT2D eigenvalue weighted by Gasteiger charge is 2.50. The fraction of sp³-hybridized carbons (Fsp3) is 1.00. The summed E-state index contributed by atoms with van der Waals surface area (Å²) in [4.78, 5) is 2.18. The van der Waals surface area contributed by atoms with Crippen molar-refractivity contribution in [2.75, 3.05) is 20.2 Å². The highest BCUT2D eigenvalue weighted by molar-refractivity contribution is 4.97. The van der Waals surface area contributed by atoms with Gasteiger partial charge in [0.1, 0.15) is 5.72 Å². The molecule has 0 aliphatic heterocycles. The number of nitrogens with zero attached hydrogens (tertiary/aromatic N) is 1. The van der Waals surface area contributed by atoms with Crippen LogP contribution >= 0.6 is 0 Å². The molecule has 2 N–H and O–H groups in total. The average Bonchev–Trinajstić information content (AvgIpc) is 2.94. The zero-order valence-corrected chi connectivity index (χ0v) is 18.4. The zero-order valence-electron chi connectivity index (χ0n) is 18.4. The van der Waals surface area contributed by atoms with Gasteiger partial charge in [0.15, 0.2) is 0 Å². The van der Waals surface area contributed by atoms with Crippen LogP contribution in [0.25, 0.3) is 0 Å². The van der Waals surface area contributed by atoms with Gasteiger partial charge in [-0.15, -0.1) is 0 Å². The van der Waals surface area contributed by atoms with Crippen LogP contribution in [0.2, 0.25) is 0 Å². The van der Waals surface area contributed by atoms with Crippen LogP contribution < -0.4 is 0 Å². The van der Waals surface area contributed by atoms with Crippen LogP contribution in [0.4, 0.5) is 0 Å². The minimum atomic E-state index is -0.689. The van der Waals surface area contributed by atoms with Gasteiger partial charge in [-0.1, -0.05) is 84.5 Å². The molecule has 1 fully saturated rings. The first-order valence-electron chi connectivity index (χ1n) is 11.8. The minimum absolute atomic E-state index is 0.428. The first-order chi connectivity index (χ1) is 13.1. The van der Waals surface area contributed by atoms with Crippen molar-refractivity contribution in [3.8, 4) is 0 Å². The van der Waals surface area contributed by atoms with Gasteiger partial charge in [-0.05, 0) is 19.9 Å². The Hall–Kier alpha value is -0.160. The molecule has 0 amide bonds. The predicted molar refractivity (Wildman–Crippen MR) is 114 cm³/mol. The molecule has 0 saturated heterocycles. The fourth-order valence-corrected chi connectivity index (χ4v) is 4.30. The summed E-state index contributed by atoms with van der Waals surface area (Å²) in [6.45, 7) is 6.08. The Morgan fingerprint density at radius 1 is 0.815 bits per heavy atom. The lowest BCUT2D eigenvalue weighted by Crippen LogP contribution is -2.54. The summed E-state index contributed by atoms with van der Waals surface area (Å²) >= 11 is 0. The van der Waals surface area contributed by atoms with E-state index in [1.807, 2.05) is 0 Å². The smallest absolute Gasteiger partial charge is 0.150 e. The van der Waals surface area contributed by atoms with Crippen LogP contribution in [-0.4, -0.2) is 53.2 Å². The SMILES string of the molecule is CCCCCCCCCCN(C)[C@@]1(OCCCCCCC)C[C@H](O)C[C@@H]1O. The standard InChI is InChI=1S/C23H47NO3/c1-4-6-8-10-11-12-13-15-17-24(3)23(20-21(25)19-22(23)26)27-18-16-14-9-7-5-2/h21-22,25-26H,4-20H2,1-3H3/t21-,22+,23-/m1/s1. The van der Waals surface area contributed by atoms with Gasteiger partial charge in [0.2, 0.25) is 0 Å². The van der Waals surface area contributed by atoms with Gasteiger partial charge in [0, 0.05) is 26.0 Å². The maximum absolute atomic E-state index is 10.6. The maximum atomic E-state index is 10.6. The number of rotatable bonds is 17. The Labute approximate surface area is 168 Å². The predicted octanol–water partition coefficient (Wildman–Crippen LogP) is 5.26. The number of aliphatic hydroxyl groups excluding tert-OH is 2. The van der Waals surface area contributed by atoms with Gasteiger partial charge in [-0.3, -0.25) is 4.90 Å². The van der Waals surface area contributed by atoms with E-state index < -0.39 is 17.9 Å². The number of hydrogen-bond acceptors (Lipinski definition) is 4.